The van der Waals surface area contributed by atoms with Crippen LogP contribution in [0.2, 0.25) is 0 Å². The summed E-state index contributed by atoms with van der Waals surface area (Å²) in [6.07, 6.45) is 6.50. The van der Waals surface area contributed by atoms with Gasteiger partial charge in [0.25, 0.3) is 0 Å². The number of primary amides is 1. The molecular weight excluding hydrogens is 228 g/mol. The minimum Gasteiger partial charge on any atom is -0.381 e. The number of likely N-dealkylation sites (N-methyl/N-ethyl adjacent to an activating group) is 1. The summed E-state index contributed by atoms with van der Waals surface area (Å²) in [7, 11) is 0. The quantitative estimate of drug-likeness (QED) is 0.528. The smallest absolute Gasteiger partial charge is 0.237 e. The van der Waals surface area contributed by atoms with Crippen molar-refractivity contribution in [2.24, 2.45) is 5.73 Å². The maximum atomic E-state index is 11.4. The van der Waals surface area contributed by atoms with E-state index >= 15 is 0 Å². The summed E-state index contributed by atoms with van der Waals surface area (Å²) >= 11 is 0. The zero-order valence-corrected chi connectivity index (χ0v) is 12.3. The summed E-state index contributed by atoms with van der Waals surface area (Å²) in [5, 5.41) is 3.15. The molecule has 1 unspecified atom stereocenters. The summed E-state index contributed by atoms with van der Waals surface area (Å²) < 4.78 is 5.55. The molecule has 0 aromatic heterocycles. The fourth-order valence-corrected chi connectivity index (χ4v) is 1.95. The van der Waals surface area contributed by atoms with Crippen LogP contribution in [0.25, 0.3) is 0 Å². The average molecular weight is 258 g/mol. The van der Waals surface area contributed by atoms with E-state index in [0.717, 1.165) is 32.4 Å². The molecule has 4 nitrogen and oxygen atoms in total. The molecule has 0 aliphatic carbocycles. The van der Waals surface area contributed by atoms with Crippen molar-refractivity contribution < 1.29 is 9.53 Å². The van der Waals surface area contributed by atoms with Crippen LogP contribution in [-0.2, 0) is 9.53 Å². The maximum absolute atomic E-state index is 11.4. The number of nitrogens with one attached hydrogen (secondary N) is 1. The van der Waals surface area contributed by atoms with Crippen LogP contribution in [0.5, 0.6) is 0 Å². The van der Waals surface area contributed by atoms with Crippen LogP contribution in [0.1, 0.15) is 59.3 Å². The van der Waals surface area contributed by atoms with Crippen molar-refractivity contribution in [3.63, 3.8) is 0 Å². The monoisotopic (exact) mass is 258 g/mol. The number of unbranched alkanes of at least 4 members (excludes halogenated alkanes) is 3. The van der Waals surface area contributed by atoms with Crippen LogP contribution in [-0.4, -0.2) is 31.2 Å². The molecule has 0 radical (unpaired) electrons. The number of ether oxygens (including phenoxy) is 1. The first-order chi connectivity index (χ1) is 8.56. The van der Waals surface area contributed by atoms with Crippen LogP contribution >= 0.6 is 0 Å². The van der Waals surface area contributed by atoms with E-state index < -0.39 is 5.54 Å². The van der Waals surface area contributed by atoms with Crippen LogP contribution in [0, 0.1) is 0 Å². The minimum atomic E-state index is -0.597. The normalized spacial score (nSPS) is 14.4. The van der Waals surface area contributed by atoms with Crippen LogP contribution < -0.4 is 11.1 Å². The lowest BCUT2D eigenvalue weighted by molar-refractivity contribution is -0.124. The summed E-state index contributed by atoms with van der Waals surface area (Å²) in [6.45, 7) is 8.32. The molecule has 0 fully saturated rings. The molecule has 0 rings (SSSR count). The summed E-state index contributed by atoms with van der Waals surface area (Å²) in [5.74, 6) is -0.285. The van der Waals surface area contributed by atoms with Crippen molar-refractivity contribution in [3.05, 3.63) is 0 Å². The molecule has 108 valence electrons. The second kappa shape index (κ2) is 10.3. The first kappa shape index (κ1) is 17.4. The Balaban J connectivity index is 3.59. The lowest BCUT2D eigenvalue weighted by Crippen LogP contribution is -2.53. The molecule has 0 saturated heterocycles. The van der Waals surface area contributed by atoms with E-state index in [1.165, 1.54) is 19.3 Å². The predicted molar refractivity (Wildman–Crippen MR) is 75.5 cm³/mol. The predicted octanol–water partition coefficient (Wildman–Crippen LogP) is 2.22. The van der Waals surface area contributed by atoms with E-state index in [4.69, 9.17) is 10.5 Å². The number of hydrogen-bond donors (Lipinski definition) is 2. The zero-order valence-electron chi connectivity index (χ0n) is 12.3. The summed E-state index contributed by atoms with van der Waals surface area (Å²) in [4.78, 5) is 11.4. The van der Waals surface area contributed by atoms with E-state index in [9.17, 15) is 4.79 Å². The van der Waals surface area contributed by atoms with Gasteiger partial charge >= 0.3 is 0 Å². The third kappa shape index (κ3) is 7.67. The number of nitrogens with two attached hydrogens (primary N) is 1. The van der Waals surface area contributed by atoms with Gasteiger partial charge < -0.3 is 15.8 Å². The van der Waals surface area contributed by atoms with Crippen molar-refractivity contribution in [1.29, 1.82) is 0 Å². The summed E-state index contributed by atoms with van der Waals surface area (Å²) in [5.41, 5.74) is 4.81. The second-order valence-corrected chi connectivity index (χ2v) is 5.00. The van der Waals surface area contributed by atoms with Gasteiger partial charge in [0, 0.05) is 13.2 Å². The molecule has 18 heavy (non-hydrogen) atoms. The largest absolute Gasteiger partial charge is 0.381 e. The molecule has 1 atom stereocenters. The molecule has 0 aromatic rings. The number of hydrogen-bond acceptors (Lipinski definition) is 3. The zero-order chi connectivity index (χ0) is 13.9. The molecule has 0 saturated carbocycles. The van der Waals surface area contributed by atoms with E-state index in [1.54, 1.807) is 0 Å². The van der Waals surface area contributed by atoms with Crippen LogP contribution in [0.15, 0.2) is 0 Å². The lowest BCUT2D eigenvalue weighted by Gasteiger charge is -2.26. The van der Waals surface area contributed by atoms with Gasteiger partial charge in [0.15, 0.2) is 0 Å². The lowest BCUT2D eigenvalue weighted by atomic mass is 9.95. The number of rotatable bonds is 12. The van der Waals surface area contributed by atoms with Crippen molar-refractivity contribution in [3.8, 4) is 0 Å². The van der Waals surface area contributed by atoms with E-state index in [1.807, 2.05) is 13.8 Å². The Labute approximate surface area is 112 Å². The van der Waals surface area contributed by atoms with E-state index in [2.05, 4.69) is 12.2 Å². The van der Waals surface area contributed by atoms with Gasteiger partial charge in [0.2, 0.25) is 5.91 Å². The van der Waals surface area contributed by atoms with Crippen molar-refractivity contribution in [2.45, 2.75) is 64.8 Å². The molecule has 0 aliphatic rings. The Morgan fingerprint density at radius 3 is 2.39 bits per heavy atom. The van der Waals surface area contributed by atoms with Crippen molar-refractivity contribution >= 4 is 5.91 Å². The van der Waals surface area contributed by atoms with Gasteiger partial charge in [-0.3, -0.25) is 4.79 Å². The molecule has 4 heteroatoms. The van der Waals surface area contributed by atoms with Crippen molar-refractivity contribution in [1.82, 2.24) is 5.32 Å². The van der Waals surface area contributed by atoms with Gasteiger partial charge in [-0.05, 0) is 32.7 Å². The standard InChI is InChI=1S/C14H30N2O2/c1-4-6-7-8-11-18-12-9-10-14(3,13(15)17)16-5-2/h16H,4-12H2,1-3H3,(H2,15,17). The Kier molecular flexibility index (Phi) is 9.98. The SMILES string of the molecule is CCCCCCOCCCC(C)(NCC)C(N)=O. The third-order valence-electron chi connectivity index (χ3n) is 3.22. The Bertz CT molecular complexity index is 222. The van der Waals surface area contributed by atoms with Gasteiger partial charge in [-0.2, -0.15) is 0 Å². The fourth-order valence-electron chi connectivity index (χ4n) is 1.95. The molecule has 0 aromatic carbocycles. The highest BCUT2D eigenvalue weighted by atomic mass is 16.5. The van der Waals surface area contributed by atoms with Crippen molar-refractivity contribution in [2.75, 3.05) is 19.8 Å². The topological polar surface area (TPSA) is 64.3 Å². The number of carbonyl (C=O) groups excluding carboxylic acids is 1. The van der Waals surface area contributed by atoms with Gasteiger partial charge in [0.1, 0.15) is 0 Å². The van der Waals surface area contributed by atoms with E-state index in [0.29, 0.717) is 6.61 Å². The maximum Gasteiger partial charge on any atom is 0.237 e. The van der Waals surface area contributed by atoms with Gasteiger partial charge in [-0.25, -0.2) is 0 Å². The average Bonchev–Trinajstić information content (AvgIpc) is 2.33. The van der Waals surface area contributed by atoms with Crippen LogP contribution in [0.3, 0.4) is 0 Å². The molecule has 0 aliphatic heterocycles. The first-order valence-corrected chi connectivity index (χ1v) is 7.19. The molecule has 1 amide bonds. The highest BCUT2D eigenvalue weighted by Crippen LogP contribution is 2.12. The Morgan fingerprint density at radius 2 is 1.83 bits per heavy atom. The van der Waals surface area contributed by atoms with Gasteiger partial charge in [0.05, 0.1) is 5.54 Å². The fraction of sp³-hybridized carbons (Fsp3) is 0.929. The van der Waals surface area contributed by atoms with Crippen LogP contribution in [0.4, 0.5) is 0 Å². The van der Waals surface area contributed by atoms with Gasteiger partial charge in [-0.1, -0.05) is 33.1 Å². The highest BCUT2D eigenvalue weighted by Gasteiger charge is 2.28. The number of carbonyl (C=O) groups is 1. The molecule has 0 spiro atoms. The van der Waals surface area contributed by atoms with E-state index in [-0.39, 0.29) is 5.91 Å². The molecule has 0 bridgehead atoms. The third-order valence-corrected chi connectivity index (χ3v) is 3.22. The molecular formula is C14H30N2O2. The molecule has 3 N–H and O–H groups in total. The van der Waals surface area contributed by atoms with Gasteiger partial charge in [-0.15, -0.1) is 0 Å². The summed E-state index contributed by atoms with van der Waals surface area (Å²) in [6, 6.07) is 0. The molecule has 0 heterocycles. The number of amides is 1. The Hall–Kier alpha value is -0.610. The highest BCUT2D eigenvalue weighted by molar-refractivity contribution is 5.84. The first-order valence-electron chi connectivity index (χ1n) is 7.19. The Morgan fingerprint density at radius 1 is 1.17 bits per heavy atom. The minimum absolute atomic E-state index is 0.285. The second-order valence-electron chi connectivity index (χ2n) is 5.00.